The van der Waals surface area contributed by atoms with E-state index < -0.39 is 6.10 Å². The minimum Gasteiger partial charge on any atom is -0.389 e. The third-order valence-corrected chi connectivity index (χ3v) is 4.78. The van der Waals surface area contributed by atoms with Crippen molar-refractivity contribution < 1.29 is 9.84 Å². The van der Waals surface area contributed by atoms with E-state index in [1.807, 2.05) is 30.3 Å². The summed E-state index contributed by atoms with van der Waals surface area (Å²) in [5, 5.41) is 14.6. The molecule has 0 saturated heterocycles. The van der Waals surface area contributed by atoms with Crippen LogP contribution in [0.15, 0.2) is 47.2 Å². The molecule has 0 aliphatic heterocycles. The summed E-state index contributed by atoms with van der Waals surface area (Å²) in [6.45, 7) is 6.83. The van der Waals surface area contributed by atoms with Crippen molar-refractivity contribution in [1.29, 1.82) is 0 Å². The highest BCUT2D eigenvalue weighted by Crippen LogP contribution is 2.14. The molecular formula is C19H27NO2S. The minimum absolute atomic E-state index is 0.367. The predicted octanol–water partition coefficient (Wildman–Crippen LogP) is 3.93. The first-order chi connectivity index (χ1) is 11.2. The van der Waals surface area contributed by atoms with E-state index in [1.54, 1.807) is 11.3 Å². The molecule has 0 fully saturated rings. The van der Waals surface area contributed by atoms with E-state index in [2.05, 4.69) is 35.6 Å². The van der Waals surface area contributed by atoms with Gasteiger partial charge in [0.1, 0.15) is 0 Å². The Hall–Kier alpha value is -1.20. The molecule has 0 unspecified atom stereocenters. The van der Waals surface area contributed by atoms with E-state index in [4.69, 9.17) is 4.74 Å². The maximum Gasteiger partial charge on any atom is 0.0900 e. The second-order valence-electron chi connectivity index (χ2n) is 5.97. The van der Waals surface area contributed by atoms with Gasteiger partial charge in [0, 0.05) is 19.1 Å². The Morgan fingerprint density at radius 1 is 1.17 bits per heavy atom. The molecular weight excluding hydrogens is 306 g/mol. The number of hydrogen-bond donors (Lipinski definition) is 1. The van der Waals surface area contributed by atoms with Crippen molar-refractivity contribution in [2.24, 2.45) is 0 Å². The highest BCUT2D eigenvalue weighted by molar-refractivity contribution is 7.07. The van der Waals surface area contributed by atoms with Crippen molar-refractivity contribution in [2.45, 2.75) is 45.6 Å². The van der Waals surface area contributed by atoms with Gasteiger partial charge < -0.3 is 9.84 Å². The van der Waals surface area contributed by atoms with Crippen LogP contribution in [0.4, 0.5) is 0 Å². The lowest BCUT2D eigenvalue weighted by molar-refractivity contribution is 0.00147. The molecule has 3 nitrogen and oxygen atoms in total. The predicted molar refractivity (Wildman–Crippen MR) is 96.6 cm³/mol. The maximum atomic E-state index is 10.3. The summed E-state index contributed by atoms with van der Waals surface area (Å²) in [4.78, 5) is 2.33. The molecule has 0 bridgehead atoms. The highest BCUT2D eigenvalue weighted by atomic mass is 32.1. The van der Waals surface area contributed by atoms with Gasteiger partial charge in [-0.1, -0.05) is 37.3 Å². The summed E-state index contributed by atoms with van der Waals surface area (Å²) in [5.41, 5.74) is 2.45. The zero-order valence-corrected chi connectivity index (χ0v) is 14.8. The van der Waals surface area contributed by atoms with Crippen LogP contribution in [0.3, 0.4) is 0 Å². The molecule has 1 aromatic heterocycles. The van der Waals surface area contributed by atoms with Gasteiger partial charge in [-0.2, -0.15) is 11.3 Å². The SMILES string of the molecule is CC[C@H](C)N(Cc1ccsc1)C[C@@H](O)COCc1ccccc1. The lowest BCUT2D eigenvalue weighted by Gasteiger charge is -2.30. The zero-order chi connectivity index (χ0) is 16.5. The number of rotatable bonds is 10. The highest BCUT2D eigenvalue weighted by Gasteiger charge is 2.17. The van der Waals surface area contributed by atoms with E-state index in [9.17, 15) is 5.11 Å². The number of ether oxygens (including phenoxy) is 1. The van der Waals surface area contributed by atoms with Gasteiger partial charge in [-0.25, -0.2) is 0 Å². The van der Waals surface area contributed by atoms with E-state index >= 15 is 0 Å². The molecule has 0 saturated carbocycles. The van der Waals surface area contributed by atoms with Crippen LogP contribution in [-0.4, -0.2) is 35.3 Å². The molecule has 2 atom stereocenters. The maximum absolute atomic E-state index is 10.3. The van der Waals surface area contributed by atoms with Crippen LogP contribution >= 0.6 is 11.3 Å². The molecule has 2 aromatic rings. The molecule has 23 heavy (non-hydrogen) atoms. The van der Waals surface area contributed by atoms with Gasteiger partial charge in [0.15, 0.2) is 0 Å². The molecule has 1 heterocycles. The van der Waals surface area contributed by atoms with Crippen molar-refractivity contribution in [3.8, 4) is 0 Å². The van der Waals surface area contributed by atoms with Gasteiger partial charge in [-0.3, -0.25) is 4.90 Å². The fourth-order valence-corrected chi connectivity index (χ4v) is 3.15. The lowest BCUT2D eigenvalue weighted by Crippen LogP contribution is -2.39. The van der Waals surface area contributed by atoms with Crippen molar-refractivity contribution in [2.75, 3.05) is 13.2 Å². The molecule has 0 aliphatic carbocycles. The summed E-state index contributed by atoms with van der Waals surface area (Å²) in [5.74, 6) is 0. The third kappa shape index (κ3) is 6.43. The first-order valence-corrected chi connectivity index (χ1v) is 9.18. The summed E-state index contributed by atoms with van der Waals surface area (Å²) in [7, 11) is 0. The van der Waals surface area contributed by atoms with Gasteiger partial charge in [-0.15, -0.1) is 0 Å². The van der Waals surface area contributed by atoms with E-state index in [-0.39, 0.29) is 0 Å². The minimum atomic E-state index is -0.466. The average molecular weight is 333 g/mol. The molecule has 4 heteroatoms. The van der Waals surface area contributed by atoms with Crippen LogP contribution in [0.2, 0.25) is 0 Å². The number of nitrogens with zero attached hydrogens (tertiary/aromatic N) is 1. The fourth-order valence-electron chi connectivity index (χ4n) is 2.49. The molecule has 2 rings (SSSR count). The quantitative estimate of drug-likeness (QED) is 0.715. The molecule has 126 valence electrons. The van der Waals surface area contributed by atoms with Crippen LogP contribution in [0.5, 0.6) is 0 Å². The lowest BCUT2D eigenvalue weighted by atomic mass is 10.1. The first kappa shape index (κ1) is 18.1. The molecule has 1 N–H and O–H groups in total. The van der Waals surface area contributed by atoms with E-state index in [1.165, 1.54) is 5.56 Å². The molecule has 1 aromatic carbocycles. The Kier molecular flexibility index (Phi) is 7.76. The second kappa shape index (κ2) is 9.83. The van der Waals surface area contributed by atoms with Crippen molar-refractivity contribution in [3.63, 3.8) is 0 Å². The van der Waals surface area contributed by atoms with Crippen LogP contribution in [0, 0.1) is 0 Å². The number of thiophene rings is 1. The topological polar surface area (TPSA) is 32.7 Å². The van der Waals surface area contributed by atoms with E-state index in [0.29, 0.717) is 25.8 Å². The van der Waals surface area contributed by atoms with Gasteiger partial charge in [0.05, 0.1) is 19.3 Å². The standard InChI is InChI=1S/C19H27NO2S/c1-3-16(2)20(11-18-9-10-23-15-18)12-19(21)14-22-13-17-7-5-4-6-8-17/h4-10,15-16,19,21H,3,11-14H2,1-2H3/t16-,19+/m0/s1. The Labute approximate surface area is 143 Å². The average Bonchev–Trinajstić information content (AvgIpc) is 3.07. The van der Waals surface area contributed by atoms with Gasteiger partial charge in [0.2, 0.25) is 0 Å². The van der Waals surface area contributed by atoms with Crippen molar-refractivity contribution >= 4 is 11.3 Å². The first-order valence-electron chi connectivity index (χ1n) is 8.24. The summed E-state index contributed by atoms with van der Waals surface area (Å²) in [6.07, 6.45) is 0.605. The van der Waals surface area contributed by atoms with Crippen molar-refractivity contribution in [1.82, 2.24) is 4.90 Å². The summed E-state index contributed by atoms with van der Waals surface area (Å²) in [6, 6.07) is 12.7. The monoisotopic (exact) mass is 333 g/mol. The molecule has 0 radical (unpaired) electrons. The zero-order valence-electron chi connectivity index (χ0n) is 14.0. The second-order valence-corrected chi connectivity index (χ2v) is 6.75. The van der Waals surface area contributed by atoms with Gasteiger partial charge in [-0.05, 0) is 41.3 Å². The Balaban J connectivity index is 1.78. The largest absolute Gasteiger partial charge is 0.389 e. The number of benzene rings is 1. The number of hydrogen-bond acceptors (Lipinski definition) is 4. The molecule has 0 spiro atoms. The number of aliphatic hydroxyl groups excluding tert-OH is 1. The number of aliphatic hydroxyl groups is 1. The van der Waals surface area contributed by atoms with Crippen LogP contribution in [0.1, 0.15) is 31.4 Å². The summed E-state index contributed by atoms with van der Waals surface area (Å²) >= 11 is 1.72. The molecule has 0 aliphatic rings. The Bertz CT molecular complexity index is 530. The fraction of sp³-hybridized carbons (Fsp3) is 0.474. The van der Waals surface area contributed by atoms with Gasteiger partial charge in [0.25, 0.3) is 0 Å². The van der Waals surface area contributed by atoms with Crippen LogP contribution < -0.4 is 0 Å². The van der Waals surface area contributed by atoms with Crippen LogP contribution in [-0.2, 0) is 17.9 Å². The smallest absolute Gasteiger partial charge is 0.0900 e. The Morgan fingerprint density at radius 2 is 1.96 bits per heavy atom. The van der Waals surface area contributed by atoms with E-state index in [0.717, 1.165) is 18.5 Å². The van der Waals surface area contributed by atoms with Gasteiger partial charge >= 0.3 is 0 Å². The third-order valence-electron chi connectivity index (χ3n) is 4.05. The normalized spacial score (nSPS) is 14.1. The molecule has 0 amide bonds. The van der Waals surface area contributed by atoms with Crippen molar-refractivity contribution in [3.05, 3.63) is 58.3 Å². The Morgan fingerprint density at radius 3 is 2.61 bits per heavy atom. The van der Waals surface area contributed by atoms with Crippen LogP contribution in [0.25, 0.3) is 0 Å². The summed E-state index contributed by atoms with van der Waals surface area (Å²) < 4.78 is 5.66.